The third-order valence-corrected chi connectivity index (χ3v) is 2.07. The number of nitrogens with zero attached hydrogens (tertiary/aromatic N) is 3. The van der Waals surface area contributed by atoms with Gasteiger partial charge in [-0.25, -0.2) is 0 Å². The molecule has 1 aromatic rings. The van der Waals surface area contributed by atoms with Crippen molar-refractivity contribution in [1.29, 1.82) is 0 Å². The van der Waals surface area contributed by atoms with Crippen LogP contribution in [0.3, 0.4) is 0 Å². The molecule has 2 rings (SSSR count). The van der Waals surface area contributed by atoms with Gasteiger partial charge in [-0.3, -0.25) is 0 Å². The zero-order chi connectivity index (χ0) is 9.26. The molecule has 1 fully saturated rings. The minimum Gasteiger partial charge on any atom is -0.409 e. The lowest BCUT2D eigenvalue weighted by Gasteiger charge is -1.99. The van der Waals surface area contributed by atoms with Crippen LogP contribution in [-0.4, -0.2) is 21.2 Å². The zero-order valence-electron chi connectivity index (χ0n) is 7.01. The Kier molecular flexibility index (Phi) is 1.84. The summed E-state index contributed by atoms with van der Waals surface area (Å²) in [5.41, 5.74) is 6.97. The number of hydrogen-bond donors (Lipinski definition) is 2. The first-order valence-corrected chi connectivity index (χ1v) is 4.12. The Balaban J connectivity index is 2.31. The summed E-state index contributed by atoms with van der Waals surface area (Å²) >= 11 is 0. The smallest absolute Gasteiger partial charge is 0.171 e. The van der Waals surface area contributed by atoms with Gasteiger partial charge in [-0.05, 0) is 18.9 Å². The Bertz CT molecular complexity index is 346. The van der Waals surface area contributed by atoms with Crippen molar-refractivity contribution in [2.75, 3.05) is 0 Å². The fourth-order valence-corrected chi connectivity index (χ4v) is 1.16. The molecule has 1 aliphatic carbocycles. The first-order chi connectivity index (χ1) is 6.31. The molecule has 0 saturated heterocycles. The summed E-state index contributed by atoms with van der Waals surface area (Å²) in [7, 11) is 0. The topological polar surface area (TPSA) is 84.4 Å². The van der Waals surface area contributed by atoms with Crippen LogP contribution < -0.4 is 5.73 Å². The van der Waals surface area contributed by atoms with Crippen LogP contribution in [-0.2, 0) is 0 Å². The van der Waals surface area contributed by atoms with Gasteiger partial charge in [0.2, 0.25) is 0 Å². The van der Waals surface area contributed by atoms with Gasteiger partial charge in [-0.1, -0.05) is 5.16 Å². The number of hydrogen-bond acceptors (Lipinski definition) is 4. The molecule has 0 radical (unpaired) electrons. The van der Waals surface area contributed by atoms with E-state index >= 15 is 0 Å². The third kappa shape index (κ3) is 1.58. The molecule has 5 nitrogen and oxygen atoms in total. The van der Waals surface area contributed by atoms with E-state index in [1.54, 1.807) is 0 Å². The maximum absolute atomic E-state index is 8.45. The minimum atomic E-state index is 0.0804. The molecule has 1 aromatic heterocycles. The standard InChI is InChI=1S/C8H10N4O/c9-8(12-13)6-3-7(5-1-2-5)11-10-4-6/h3-5,13H,1-2H2,(H2,9,12). The SMILES string of the molecule is N/C(=N\O)c1cnnc(C2CC2)c1. The van der Waals surface area contributed by atoms with Crippen LogP contribution in [0, 0.1) is 0 Å². The normalized spacial score (nSPS) is 17.4. The van der Waals surface area contributed by atoms with Crippen LogP contribution in [0.1, 0.15) is 30.0 Å². The van der Waals surface area contributed by atoms with E-state index in [1.807, 2.05) is 6.07 Å². The fraction of sp³-hybridized carbons (Fsp3) is 0.375. The maximum atomic E-state index is 8.45. The molecule has 13 heavy (non-hydrogen) atoms. The van der Waals surface area contributed by atoms with E-state index in [0.717, 1.165) is 18.5 Å². The van der Waals surface area contributed by atoms with Crippen molar-refractivity contribution < 1.29 is 5.21 Å². The van der Waals surface area contributed by atoms with E-state index < -0.39 is 0 Å². The molecule has 0 atom stereocenters. The van der Waals surface area contributed by atoms with Crippen LogP contribution >= 0.6 is 0 Å². The molecule has 3 N–H and O–H groups in total. The first-order valence-electron chi connectivity index (χ1n) is 4.12. The monoisotopic (exact) mass is 178 g/mol. The lowest BCUT2D eigenvalue weighted by Crippen LogP contribution is -2.14. The average molecular weight is 178 g/mol. The van der Waals surface area contributed by atoms with E-state index in [4.69, 9.17) is 10.9 Å². The van der Waals surface area contributed by atoms with E-state index in [2.05, 4.69) is 15.4 Å². The van der Waals surface area contributed by atoms with Gasteiger partial charge in [0.1, 0.15) is 0 Å². The highest BCUT2D eigenvalue weighted by Crippen LogP contribution is 2.38. The highest BCUT2D eigenvalue weighted by atomic mass is 16.4. The molecule has 0 unspecified atom stereocenters. The van der Waals surface area contributed by atoms with Crippen LogP contribution in [0.2, 0.25) is 0 Å². The van der Waals surface area contributed by atoms with Crippen molar-refractivity contribution in [2.24, 2.45) is 10.9 Å². The first kappa shape index (κ1) is 7.97. The summed E-state index contributed by atoms with van der Waals surface area (Å²) in [6, 6.07) is 1.82. The second-order valence-electron chi connectivity index (χ2n) is 3.13. The lowest BCUT2D eigenvalue weighted by atomic mass is 10.2. The Labute approximate surface area is 75.3 Å². The zero-order valence-corrected chi connectivity index (χ0v) is 7.01. The molecule has 1 saturated carbocycles. The molecular formula is C8H10N4O. The van der Waals surface area contributed by atoms with Crippen LogP contribution in [0.4, 0.5) is 0 Å². The van der Waals surface area contributed by atoms with Crippen LogP contribution in [0.15, 0.2) is 17.4 Å². The summed E-state index contributed by atoms with van der Waals surface area (Å²) < 4.78 is 0. The van der Waals surface area contributed by atoms with Gasteiger partial charge in [0, 0.05) is 11.5 Å². The Morgan fingerprint density at radius 1 is 1.62 bits per heavy atom. The van der Waals surface area contributed by atoms with Gasteiger partial charge < -0.3 is 10.9 Å². The number of rotatable bonds is 2. The molecule has 68 valence electrons. The average Bonchev–Trinajstić information content (AvgIpc) is 3.00. The van der Waals surface area contributed by atoms with Gasteiger partial charge in [-0.15, -0.1) is 0 Å². The molecule has 5 heteroatoms. The molecule has 1 aliphatic rings. The van der Waals surface area contributed by atoms with Crippen molar-refractivity contribution in [2.45, 2.75) is 18.8 Å². The summed E-state index contributed by atoms with van der Waals surface area (Å²) in [6.07, 6.45) is 3.81. The Morgan fingerprint density at radius 2 is 2.38 bits per heavy atom. The molecule has 0 aliphatic heterocycles. The summed E-state index contributed by atoms with van der Waals surface area (Å²) in [5.74, 6) is 0.607. The quantitative estimate of drug-likeness (QED) is 0.298. The number of nitrogens with two attached hydrogens (primary N) is 1. The molecule has 0 bridgehead atoms. The lowest BCUT2D eigenvalue weighted by molar-refractivity contribution is 0.318. The van der Waals surface area contributed by atoms with Crippen molar-refractivity contribution in [3.05, 3.63) is 23.5 Å². The predicted octanol–water partition coefficient (Wildman–Crippen LogP) is 0.448. The third-order valence-electron chi connectivity index (χ3n) is 2.07. The molecule has 1 heterocycles. The fourth-order valence-electron chi connectivity index (χ4n) is 1.16. The largest absolute Gasteiger partial charge is 0.409 e. The summed E-state index contributed by atoms with van der Waals surface area (Å²) in [5, 5.41) is 19.1. The van der Waals surface area contributed by atoms with Gasteiger partial charge >= 0.3 is 0 Å². The van der Waals surface area contributed by atoms with Gasteiger partial charge in [0.15, 0.2) is 5.84 Å². The summed E-state index contributed by atoms with van der Waals surface area (Å²) in [6.45, 7) is 0. The Hall–Kier alpha value is -1.65. The van der Waals surface area contributed by atoms with Crippen molar-refractivity contribution in [1.82, 2.24) is 10.2 Å². The van der Waals surface area contributed by atoms with E-state index in [1.165, 1.54) is 6.20 Å². The predicted molar refractivity (Wildman–Crippen MR) is 46.5 cm³/mol. The molecular weight excluding hydrogens is 168 g/mol. The number of oxime groups is 1. The number of aromatic nitrogens is 2. The van der Waals surface area contributed by atoms with Crippen molar-refractivity contribution in [3.63, 3.8) is 0 Å². The second kappa shape index (κ2) is 3.01. The number of amidine groups is 1. The van der Waals surface area contributed by atoms with Crippen LogP contribution in [0.5, 0.6) is 0 Å². The van der Waals surface area contributed by atoms with Crippen LogP contribution in [0.25, 0.3) is 0 Å². The Morgan fingerprint density at radius 3 is 3.00 bits per heavy atom. The van der Waals surface area contributed by atoms with Gasteiger partial charge in [0.05, 0.1) is 11.9 Å². The molecule has 0 spiro atoms. The van der Waals surface area contributed by atoms with Crippen molar-refractivity contribution in [3.8, 4) is 0 Å². The van der Waals surface area contributed by atoms with Gasteiger partial charge in [-0.2, -0.15) is 10.2 Å². The minimum absolute atomic E-state index is 0.0804. The highest BCUT2D eigenvalue weighted by Gasteiger charge is 2.25. The van der Waals surface area contributed by atoms with Gasteiger partial charge in [0.25, 0.3) is 0 Å². The van der Waals surface area contributed by atoms with E-state index in [9.17, 15) is 0 Å². The molecule has 0 amide bonds. The highest BCUT2D eigenvalue weighted by molar-refractivity contribution is 5.96. The second-order valence-corrected chi connectivity index (χ2v) is 3.13. The van der Waals surface area contributed by atoms with E-state index in [-0.39, 0.29) is 5.84 Å². The van der Waals surface area contributed by atoms with E-state index in [0.29, 0.717) is 11.5 Å². The molecule has 0 aromatic carbocycles. The maximum Gasteiger partial charge on any atom is 0.171 e. The van der Waals surface area contributed by atoms with Crippen molar-refractivity contribution >= 4 is 5.84 Å². The summed E-state index contributed by atoms with van der Waals surface area (Å²) in [4.78, 5) is 0.